The highest BCUT2D eigenvalue weighted by Gasteiger charge is 2.60. The van der Waals surface area contributed by atoms with Gasteiger partial charge in [0.15, 0.2) is 0 Å². The predicted octanol–water partition coefficient (Wildman–Crippen LogP) is 5.13. The maximum Gasteiger partial charge on any atom is -0.0326 e. The third kappa shape index (κ3) is 1.27. The van der Waals surface area contributed by atoms with Gasteiger partial charge in [0.05, 0.1) is 0 Å². The minimum atomic E-state index is 1.19. The summed E-state index contributed by atoms with van der Waals surface area (Å²) in [5.41, 5.74) is 0. The molecule has 6 saturated carbocycles. The normalized spacial score (nSPS) is 66.0. The molecule has 20 heavy (non-hydrogen) atoms. The zero-order valence-electron chi connectivity index (χ0n) is 12.8. The van der Waals surface area contributed by atoms with E-state index in [-0.39, 0.29) is 0 Å². The Balaban J connectivity index is 1.31. The largest absolute Gasteiger partial charge is 0.0499 e. The van der Waals surface area contributed by atoms with Gasteiger partial charge in [-0.05, 0) is 123 Å². The Morgan fingerprint density at radius 1 is 0.350 bits per heavy atom. The minimum absolute atomic E-state index is 1.19. The van der Waals surface area contributed by atoms with Gasteiger partial charge in [0.25, 0.3) is 0 Å². The molecule has 0 nitrogen and oxygen atoms in total. The van der Waals surface area contributed by atoms with Crippen LogP contribution in [0.1, 0.15) is 64.2 Å². The molecule has 0 aromatic rings. The zero-order valence-corrected chi connectivity index (χ0v) is 12.8. The lowest BCUT2D eigenvalue weighted by atomic mass is 9.75. The molecular formula is C20H30. The van der Waals surface area contributed by atoms with Gasteiger partial charge < -0.3 is 0 Å². The van der Waals surface area contributed by atoms with Gasteiger partial charge in [-0.1, -0.05) is 0 Å². The lowest BCUT2D eigenvalue weighted by Crippen LogP contribution is -2.24. The third-order valence-electron chi connectivity index (χ3n) is 9.52. The monoisotopic (exact) mass is 270 g/mol. The average molecular weight is 270 g/mol. The van der Waals surface area contributed by atoms with Crippen LogP contribution in [0.2, 0.25) is 0 Å². The molecule has 0 heterocycles. The number of hydrogen-bond donors (Lipinski definition) is 0. The van der Waals surface area contributed by atoms with Gasteiger partial charge in [-0.25, -0.2) is 0 Å². The topological polar surface area (TPSA) is 0 Å². The summed E-state index contributed by atoms with van der Waals surface area (Å²) in [6.45, 7) is 0. The van der Waals surface area contributed by atoms with Gasteiger partial charge >= 0.3 is 0 Å². The fraction of sp³-hybridized carbons (Fsp3) is 1.00. The Morgan fingerprint density at radius 3 is 1.25 bits per heavy atom. The van der Waals surface area contributed by atoms with Crippen molar-refractivity contribution in [2.75, 3.05) is 0 Å². The molecular weight excluding hydrogens is 240 g/mol. The lowest BCUT2D eigenvalue weighted by Gasteiger charge is -2.30. The smallest absolute Gasteiger partial charge is 0.0326 e. The quantitative estimate of drug-likeness (QED) is 0.619. The van der Waals surface area contributed by atoms with Crippen LogP contribution in [0.25, 0.3) is 0 Å². The lowest BCUT2D eigenvalue weighted by molar-refractivity contribution is 0.182. The van der Waals surface area contributed by atoms with Crippen LogP contribution < -0.4 is 0 Å². The molecule has 0 aromatic carbocycles. The van der Waals surface area contributed by atoms with Gasteiger partial charge in [-0.2, -0.15) is 0 Å². The average Bonchev–Trinajstić information content (AvgIpc) is 3.18. The Bertz CT molecular complexity index is 386. The SMILES string of the molecule is C1C[C@@H]2C[C@@H]([C@H]3C[C@@H]4CC[C@@H]5CC[C@@H]3[C@H]54)[C@H]3CC[C@H]1[C@@H]23. The zero-order chi connectivity index (χ0) is 12.8. The van der Waals surface area contributed by atoms with Crippen molar-refractivity contribution in [2.24, 2.45) is 59.2 Å². The van der Waals surface area contributed by atoms with E-state index in [1.54, 1.807) is 64.2 Å². The fourth-order valence-corrected chi connectivity index (χ4v) is 9.25. The van der Waals surface area contributed by atoms with Crippen LogP contribution in [0.4, 0.5) is 0 Å². The van der Waals surface area contributed by atoms with E-state index in [0.717, 1.165) is 0 Å². The molecule has 0 radical (unpaired) electrons. The summed E-state index contributed by atoms with van der Waals surface area (Å²) >= 11 is 0. The van der Waals surface area contributed by atoms with Crippen LogP contribution in [0, 0.1) is 59.2 Å². The van der Waals surface area contributed by atoms with Crippen molar-refractivity contribution in [1.82, 2.24) is 0 Å². The van der Waals surface area contributed by atoms with Crippen molar-refractivity contribution >= 4 is 0 Å². The molecule has 0 bridgehead atoms. The summed E-state index contributed by atoms with van der Waals surface area (Å²) in [6, 6.07) is 0. The van der Waals surface area contributed by atoms with E-state index in [4.69, 9.17) is 0 Å². The summed E-state index contributed by atoms with van der Waals surface area (Å²) in [6.07, 6.45) is 16.3. The van der Waals surface area contributed by atoms with E-state index < -0.39 is 0 Å². The van der Waals surface area contributed by atoms with E-state index in [1.165, 1.54) is 59.2 Å². The molecule has 6 rings (SSSR count). The second-order valence-electron chi connectivity index (χ2n) is 9.63. The highest BCUT2D eigenvalue weighted by molar-refractivity contribution is 5.09. The van der Waals surface area contributed by atoms with Crippen molar-refractivity contribution in [2.45, 2.75) is 64.2 Å². The van der Waals surface area contributed by atoms with E-state index in [1.807, 2.05) is 0 Å². The minimum Gasteiger partial charge on any atom is -0.0499 e. The Hall–Kier alpha value is 0. The van der Waals surface area contributed by atoms with Gasteiger partial charge in [-0.3, -0.25) is 0 Å². The number of hydrogen-bond acceptors (Lipinski definition) is 0. The van der Waals surface area contributed by atoms with Crippen LogP contribution in [-0.2, 0) is 0 Å². The van der Waals surface area contributed by atoms with Crippen LogP contribution in [0.3, 0.4) is 0 Å². The first-order chi connectivity index (χ1) is 9.90. The maximum absolute atomic E-state index is 1.68. The predicted molar refractivity (Wildman–Crippen MR) is 81.1 cm³/mol. The van der Waals surface area contributed by atoms with E-state index in [2.05, 4.69) is 0 Å². The van der Waals surface area contributed by atoms with Crippen molar-refractivity contribution in [3.63, 3.8) is 0 Å². The first-order valence-corrected chi connectivity index (χ1v) is 9.90. The van der Waals surface area contributed by atoms with Gasteiger partial charge in [0.1, 0.15) is 0 Å². The standard InChI is InChI=1S/C20H30/c1-3-13-9-17(15-7-5-11(1)19(13)15)18-10-14-4-2-12-6-8-16(18)20(12)14/h11-20H,1-10H2/t11-,12+,13+,14-,15+,16-,17+,18-,19-,20+. The highest BCUT2D eigenvalue weighted by Crippen LogP contribution is 2.68. The molecule has 0 heteroatoms. The molecule has 0 saturated heterocycles. The molecule has 6 fully saturated rings. The Morgan fingerprint density at radius 2 is 0.750 bits per heavy atom. The highest BCUT2D eigenvalue weighted by atomic mass is 14.7. The Labute approximate surface area is 124 Å². The summed E-state index contributed by atoms with van der Waals surface area (Å²) in [5, 5.41) is 0. The van der Waals surface area contributed by atoms with Gasteiger partial charge in [0, 0.05) is 0 Å². The van der Waals surface area contributed by atoms with Crippen LogP contribution >= 0.6 is 0 Å². The van der Waals surface area contributed by atoms with Gasteiger partial charge in [0.2, 0.25) is 0 Å². The molecule has 0 aliphatic heterocycles. The van der Waals surface area contributed by atoms with E-state index in [9.17, 15) is 0 Å². The molecule has 0 spiro atoms. The van der Waals surface area contributed by atoms with Crippen molar-refractivity contribution in [3.8, 4) is 0 Å². The molecule has 0 amide bonds. The van der Waals surface area contributed by atoms with Crippen molar-refractivity contribution in [1.29, 1.82) is 0 Å². The molecule has 6 aliphatic rings. The first kappa shape index (κ1) is 11.6. The van der Waals surface area contributed by atoms with Gasteiger partial charge in [-0.15, -0.1) is 0 Å². The molecule has 0 N–H and O–H groups in total. The summed E-state index contributed by atoms with van der Waals surface area (Å²) in [4.78, 5) is 0. The van der Waals surface area contributed by atoms with E-state index in [0.29, 0.717) is 0 Å². The van der Waals surface area contributed by atoms with Crippen molar-refractivity contribution < 1.29 is 0 Å². The first-order valence-electron chi connectivity index (χ1n) is 9.90. The number of rotatable bonds is 1. The summed E-state index contributed by atoms with van der Waals surface area (Å²) in [5.74, 6) is 12.0. The van der Waals surface area contributed by atoms with Crippen LogP contribution in [0.5, 0.6) is 0 Å². The Kier molecular flexibility index (Phi) is 2.22. The molecule has 110 valence electrons. The molecule has 0 unspecified atom stereocenters. The molecule has 6 aliphatic carbocycles. The third-order valence-corrected chi connectivity index (χ3v) is 9.52. The summed E-state index contributed by atoms with van der Waals surface area (Å²) < 4.78 is 0. The fourth-order valence-electron chi connectivity index (χ4n) is 9.25. The van der Waals surface area contributed by atoms with Crippen LogP contribution in [0.15, 0.2) is 0 Å². The second-order valence-corrected chi connectivity index (χ2v) is 9.63. The maximum atomic E-state index is 1.68. The van der Waals surface area contributed by atoms with Crippen molar-refractivity contribution in [3.05, 3.63) is 0 Å². The summed E-state index contributed by atoms with van der Waals surface area (Å²) in [7, 11) is 0. The molecule has 0 aromatic heterocycles. The second kappa shape index (κ2) is 3.85. The molecule has 10 atom stereocenters. The van der Waals surface area contributed by atoms with Crippen LogP contribution in [-0.4, -0.2) is 0 Å². The van der Waals surface area contributed by atoms with E-state index >= 15 is 0 Å².